The van der Waals surface area contributed by atoms with Crippen molar-refractivity contribution in [2.45, 2.75) is 56.9 Å². The second-order valence-electron chi connectivity index (χ2n) is 4.94. The highest BCUT2D eigenvalue weighted by atomic mass is 32.2. The van der Waals surface area contributed by atoms with Crippen LogP contribution in [0.4, 0.5) is 0 Å². The fourth-order valence-corrected chi connectivity index (χ4v) is 3.48. The highest BCUT2D eigenvalue weighted by Crippen LogP contribution is 2.18. The lowest BCUT2D eigenvalue weighted by molar-refractivity contribution is -0.121. The third-order valence-electron chi connectivity index (χ3n) is 3.10. The monoisotopic (exact) mass is 262 g/mol. The molecular weight excluding hydrogens is 240 g/mol. The van der Waals surface area contributed by atoms with Gasteiger partial charge >= 0.3 is 0 Å². The average molecular weight is 262 g/mol. The van der Waals surface area contributed by atoms with Crippen molar-refractivity contribution in [1.82, 2.24) is 5.32 Å². The Morgan fingerprint density at radius 2 is 1.88 bits per heavy atom. The predicted molar refractivity (Wildman–Crippen MR) is 67.3 cm³/mol. The van der Waals surface area contributed by atoms with E-state index in [1.54, 1.807) is 6.92 Å². The third-order valence-corrected chi connectivity index (χ3v) is 5.39. The smallest absolute Gasteiger partial charge is 0.238 e. The number of sulfone groups is 1. The summed E-state index contributed by atoms with van der Waals surface area (Å²) in [6.45, 7) is 3.06. The second-order valence-corrected chi connectivity index (χ2v) is 7.31. The molecule has 2 atom stereocenters. The summed E-state index contributed by atoms with van der Waals surface area (Å²) in [4.78, 5) is 11.8. The second kappa shape index (κ2) is 5.82. The first-order chi connectivity index (χ1) is 7.83. The highest BCUT2D eigenvalue weighted by molar-refractivity contribution is 7.92. The van der Waals surface area contributed by atoms with Crippen LogP contribution in [0.3, 0.4) is 0 Å². The van der Waals surface area contributed by atoms with Gasteiger partial charge in [0.05, 0.1) is 5.75 Å². The van der Waals surface area contributed by atoms with Gasteiger partial charge in [-0.05, 0) is 26.7 Å². The molecule has 1 amide bonds. The van der Waals surface area contributed by atoms with E-state index in [0.29, 0.717) is 0 Å². The summed E-state index contributed by atoms with van der Waals surface area (Å²) < 4.78 is 23.6. The quantitative estimate of drug-likeness (QED) is 0.740. The molecule has 0 aromatic rings. The van der Waals surface area contributed by atoms with E-state index in [2.05, 4.69) is 5.32 Å². The van der Waals surface area contributed by atoms with Crippen LogP contribution in [0.1, 0.15) is 39.5 Å². The summed E-state index contributed by atoms with van der Waals surface area (Å²) in [5.74, 6) is -0.538. The number of carbonyl (C=O) groups excluding carboxylic acids is 1. The minimum absolute atomic E-state index is 0.147. The lowest BCUT2D eigenvalue weighted by Crippen LogP contribution is -2.44. The van der Waals surface area contributed by atoms with Gasteiger partial charge in [0.2, 0.25) is 5.91 Å². The fraction of sp³-hybridized carbons (Fsp3) is 0.909. The Hall–Kier alpha value is -0.620. The van der Waals surface area contributed by atoms with Crippen molar-refractivity contribution in [3.8, 4) is 0 Å². The third kappa shape index (κ3) is 4.27. The van der Waals surface area contributed by atoms with Crippen LogP contribution in [0.25, 0.3) is 0 Å². The first-order valence-corrected chi connectivity index (χ1v) is 7.82. The summed E-state index contributed by atoms with van der Waals surface area (Å²) in [7, 11) is -3.44. The van der Waals surface area contributed by atoms with Crippen LogP contribution in [0.15, 0.2) is 0 Å². The van der Waals surface area contributed by atoms with Crippen LogP contribution in [-0.2, 0) is 14.6 Å². The molecule has 1 rings (SSSR count). The fourth-order valence-electron chi connectivity index (χ4n) is 2.06. The molecule has 0 spiro atoms. The number of hydrogen-bond acceptors (Lipinski definition) is 4. The lowest BCUT2D eigenvalue weighted by atomic mass is 10.2. The molecule has 1 saturated carbocycles. The van der Waals surface area contributed by atoms with Gasteiger partial charge in [0.15, 0.2) is 9.84 Å². The van der Waals surface area contributed by atoms with Gasteiger partial charge in [-0.15, -0.1) is 0 Å². The molecule has 0 aliphatic heterocycles. The van der Waals surface area contributed by atoms with Gasteiger partial charge in [-0.3, -0.25) is 4.79 Å². The Bertz CT molecular complexity index is 359. The summed E-state index contributed by atoms with van der Waals surface area (Å²) in [5.41, 5.74) is 5.47. The van der Waals surface area contributed by atoms with Crippen molar-refractivity contribution in [2.24, 2.45) is 5.73 Å². The molecular formula is C11H22N2O3S. The van der Waals surface area contributed by atoms with Crippen molar-refractivity contribution in [1.29, 1.82) is 0 Å². The van der Waals surface area contributed by atoms with Crippen LogP contribution in [0.5, 0.6) is 0 Å². The van der Waals surface area contributed by atoms with Crippen LogP contribution < -0.4 is 11.1 Å². The largest absolute Gasteiger partial charge is 0.352 e. The molecule has 0 saturated heterocycles. The zero-order chi connectivity index (χ0) is 13.1. The van der Waals surface area contributed by atoms with E-state index in [1.807, 2.05) is 0 Å². The molecule has 0 bridgehead atoms. The number of nitrogens with one attached hydrogen (secondary N) is 1. The Morgan fingerprint density at radius 3 is 2.35 bits per heavy atom. The van der Waals surface area contributed by atoms with E-state index in [-0.39, 0.29) is 11.8 Å². The average Bonchev–Trinajstić information content (AvgIpc) is 2.67. The van der Waals surface area contributed by atoms with Crippen LogP contribution in [0, 0.1) is 0 Å². The topological polar surface area (TPSA) is 89.3 Å². The molecule has 1 aliphatic rings. The van der Waals surface area contributed by atoms with Gasteiger partial charge in [-0.1, -0.05) is 12.8 Å². The molecule has 0 aromatic heterocycles. The van der Waals surface area contributed by atoms with Crippen LogP contribution in [-0.4, -0.2) is 37.4 Å². The Labute approximate surface area is 103 Å². The van der Waals surface area contributed by atoms with Gasteiger partial charge < -0.3 is 11.1 Å². The minimum atomic E-state index is -3.44. The van der Waals surface area contributed by atoms with Gasteiger partial charge in [-0.2, -0.15) is 0 Å². The van der Waals surface area contributed by atoms with E-state index in [9.17, 15) is 13.2 Å². The number of rotatable bonds is 5. The first kappa shape index (κ1) is 14.4. The van der Waals surface area contributed by atoms with E-state index >= 15 is 0 Å². The molecule has 6 heteroatoms. The maximum atomic E-state index is 11.8. The highest BCUT2D eigenvalue weighted by Gasteiger charge is 2.30. The van der Waals surface area contributed by atoms with Gasteiger partial charge in [0.25, 0.3) is 0 Å². The van der Waals surface area contributed by atoms with Crippen molar-refractivity contribution < 1.29 is 13.2 Å². The Balaban J connectivity index is 2.55. The Kier molecular flexibility index (Phi) is 4.94. The summed E-state index contributed by atoms with van der Waals surface area (Å²) >= 11 is 0. The molecule has 0 heterocycles. The normalized spacial score (nSPS) is 21.1. The lowest BCUT2D eigenvalue weighted by Gasteiger charge is -2.17. The molecule has 1 fully saturated rings. The first-order valence-electron chi connectivity index (χ1n) is 6.10. The van der Waals surface area contributed by atoms with E-state index in [1.165, 1.54) is 6.92 Å². The SMILES string of the molecule is CC(N)CS(=O)(=O)C(C)C(=O)NC1CCCC1. The number of nitrogens with two attached hydrogens (primary N) is 1. The number of hydrogen-bond donors (Lipinski definition) is 2. The van der Waals surface area contributed by atoms with Gasteiger partial charge in [-0.25, -0.2) is 8.42 Å². The van der Waals surface area contributed by atoms with Crippen molar-refractivity contribution in [2.75, 3.05) is 5.75 Å². The molecule has 17 heavy (non-hydrogen) atoms. The summed E-state index contributed by atoms with van der Waals surface area (Å²) in [6.07, 6.45) is 4.11. The maximum absolute atomic E-state index is 11.8. The zero-order valence-corrected chi connectivity index (χ0v) is 11.3. The summed E-state index contributed by atoms with van der Waals surface area (Å²) in [5, 5.41) is 1.79. The molecule has 5 nitrogen and oxygen atoms in total. The molecule has 1 aliphatic carbocycles. The molecule has 0 radical (unpaired) electrons. The molecule has 3 N–H and O–H groups in total. The molecule has 2 unspecified atom stereocenters. The van der Waals surface area contributed by atoms with Gasteiger partial charge in [0.1, 0.15) is 5.25 Å². The molecule has 100 valence electrons. The predicted octanol–water partition coefficient (Wildman–Crippen LogP) is 0.196. The standard InChI is InChI=1S/C11H22N2O3S/c1-8(12)7-17(15,16)9(2)11(14)13-10-5-3-4-6-10/h8-10H,3-7,12H2,1-2H3,(H,13,14). The number of carbonyl (C=O) groups is 1. The molecule has 0 aromatic carbocycles. The van der Waals surface area contributed by atoms with Crippen molar-refractivity contribution in [3.63, 3.8) is 0 Å². The summed E-state index contributed by atoms with van der Waals surface area (Å²) in [6, 6.07) is -0.294. The van der Waals surface area contributed by atoms with Crippen LogP contribution in [0.2, 0.25) is 0 Å². The minimum Gasteiger partial charge on any atom is -0.352 e. The number of amides is 1. The van der Waals surface area contributed by atoms with Gasteiger partial charge in [0, 0.05) is 12.1 Å². The zero-order valence-electron chi connectivity index (χ0n) is 10.5. The van der Waals surface area contributed by atoms with E-state index in [4.69, 9.17) is 5.73 Å². The van der Waals surface area contributed by atoms with E-state index < -0.39 is 27.0 Å². The van der Waals surface area contributed by atoms with Crippen LogP contribution >= 0.6 is 0 Å². The maximum Gasteiger partial charge on any atom is 0.238 e. The Morgan fingerprint density at radius 1 is 1.35 bits per heavy atom. The van der Waals surface area contributed by atoms with Crippen molar-refractivity contribution >= 4 is 15.7 Å². The van der Waals surface area contributed by atoms with Crippen molar-refractivity contribution in [3.05, 3.63) is 0 Å². The van der Waals surface area contributed by atoms with E-state index in [0.717, 1.165) is 25.7 Å².